The Hall–Kier alpha value is -3.56. The molecule has 0 saturated carbocycles. The van der Waals surface area contributed by atoms with Gasteiger partial charge < -0.3 is 0 Å². The molecule has 0 fully saturated rings. The summed E-state index contributed by atoms with van der Waals surface area (Å²) in [7, 11) is 0. The number of allylic oxidation sites excluding steroid dienone is 11. The van der Waals surface area contributed by atoms with Gasteiger partial charge in [0, 0.05) is 17.5 Å². The van der Waals surface area contributed by atoms with Crippen LogP contribution in [0.5, 0.6) is 0 Å². The van der Waals surface area contributed by atoms with E-state index in [1.807, 2.05) is 0 Å². The van der Waals surface area contributed by atoms with Crippen LogP contribution in [-0.4, -0.2) is 0 Å². The van der Waals surface area contributed by atoms with Crippen molar-refractivity contribution in [1.29, 1.82) is 0 Å². The van der Waals surface area contributed by atoms with Gasteiger partial charge in [0.15, 0.2) is 0 Å². The second kappa shape index (κ2) is 7.36. The average Bonchev–Trinajstić information content (AvgIpc) is 2.95. The fourth-order valence-electron chi connectivity index (χ4n) is 4.75. The SMILES string of the molecule is C=C(C)C1=C(/C(C)=C2/C=CC=CC2)C2=CCC#Cc3c(-c4ccccc4)ccc1c32. The van der Waals surface area contributed by atoms with Gasteiger partial charge in [-0.1, -0.05) is 91.3 Å². The summed E-state index contributed by atoms with van der Waals surface area (Å²) in [6.07, 6.45) is 12.8. The molecule has 5 rings (SSSR count). The summed E-state index contributed by atoms with van der Waals surface area (Å²) < 4.78 is 0. The first-order valence-corrected chi connectivity index (χ1v) is 10.5. The molecule has 0 heteroatoms. The Morgan fingerprint density at radius 2 is 1.73 bits per heavy atom. The van der Waals surface area contributed by atoms with Crippen LogP contribution in [0.25, 0.3) is 22.3 Å². The summed E-state index contributed by atoms with van der Waals surface area (Å²) in [5.41, 5.74) is 13.8. The van der Waals surface area contributed by atoms with Crippen molar-refractivity contribution < 1.29 is 0 Å². The number of hydrogen-bond acceptors (Lipinski definition) is 0. The van der Waals surface area contributed by atoms with E-state index in [9.17, 15) is 0 Å². The van der Waals surface area contributed by atoms with Crippen LogP contribution < -0.4 is 0 Å². The van der Waals surface area contributed by atoms with Crippen LogP contribution in [0, 0.1) is 11.8 Å². The monoisotopic (exact) mass is 384 g/mol. The molecule has 30 heavy (non-hydrogen) atoms. The van der Waals surface area contributed by atoms with E-state index in [4.69, 9.17) is 0 Å². The summed E-state index contributed by atoms with van der Waals surface area (Å²) in [5.74, 6) is 6.88. The van der Waals surface area contributed by atoms with Crippen molar-refractivity contribution >= 4 is 11.1 Å². The minimum atomic E-state index is 0.767. The van der Waals surface area contributed by atoms with Crippen LogP contribution >= 0.6 is 0 Å². The van der Waals surface area contributed by atoms with E-state index < -0.39 is 0 Å². The van der Waals surface area contributed by atoms with E-state index in [-0.39, 0.29) is 0 Å². The standard InChI is InChI=1S/C30H24/c1-20(2)28-27-19-18-24(23-14-8-5-9-15-23)25-16-10-11-17-26(30(25)27)29(28)21(3)22-12-6-4-7-13-22/h4-9,12,14-15,17-19H,1,11,13H2,2-3H3/b22-21-. The van der Waals surface area contributed by atoms with Crippen LogP contribution in [0.15, 0.2) is 102 Å². The normalized spacial score (nSPS) is 17.7. The third kappa shape index (κ3) is 2.87. The third-order valence-corrected chi connectivity index (χ3v) is 6.14. The zero-order valence-corrected chi connectivity index (χ0v) is 17.5. The van der Waals surface area contributed by atoms with Crippen LogP contribution in [-0.2, 0) is 0 Å². The summed E-state index contributed by atoms with van der Waals surface area (Å²) in [6.45, 7) is 8.74. The molecule has 3 aliphatic rings. The van der Waals surface area contributed by atoms with Gasteiger partial charge in [0.05, 0.1) is 0 Å². The summed E-state index contributed by atoms with van der Waals surface area (Å²) in [4.78, 5) is 0. The Balaban J connectivity index is 1.79. The maximum atomic E-state index is 4.36. The van der Waals surface area contributed by atoms with E-state index in [1.165, 1.54) is 50.1 Å². The van der Waals surface area contributed by atoms with Crippen LogP contribution in [0.2, 0.25) is 0 Å². The van der Waals surface area contributed by atoms with Crippen molar-refractivity contribution in [1.82, 2.24) is 0 Å². The number of hydrogen-bond donors (Lipinski definition) is 0. The lowest BCUT2D eigenvalue weighted by atomic mass is 9.88. The van der Waals surface area contributed by atoms with Crippen molar-refractivity contribution in [2.75, 3.05) is 0 Å². The maximum Gasteiger partial charge on any atom is 0.0408 e. The molecule has 0 N–H and O–H groups in total. The second-order valence-corrected chi connectivity index (χ2v) is 8.07. The average molecular weight is 385 g/mol. The first-order valence-electron chi connectivity index (χ1n) is 10.5. The summed E-state index contributed by atoms with van der Waals surface area (Å²) in [6, 6.07) is 15.1. The number of benzene rings is 2. The van der Waals surface area contributed by atoms with Crippen molar-refractivity contribution in [3.63, 3.8) is 0 Å². The minimum Gasteiger partial charge on any atom is -0.0955 e. The predicted octanol–water partition coefficient (Wildman–Crippen LogP) is 7.67. The zero-order chi connectivity index (χ0) is 20.7. The van der Waals surface area contributed by atoms with Gasteiger partial charge in [-0.15, -0.1) is 0 Å². The van der Waals surface area contributed by atoms with Crippen molar-refractivity contribution in [3.8, 4) is 23.0 Å². The first kappa shape index (κ1) is 18.5. The fourth-order valence-corrected chi connectivity index (χ4v) is 4.75. The van der Waals surface area contributed by atoms with E-state index in [0.29, 0.717) is 0 Å². The van der Waals surface area contributed by atoms with Crippen LogP contribution in [0.1, 0.15) is 43.4 Å². The molecule has 0 saturated heterocycles. The second-order valence-electron chi connectivity index (χ2n) is 8.07. The fraction of sp³-hybridized carbons (Fsp3) is 0.133. The van der Waals surface area contributed by atoms with Crippen molar-refractivity contribution in [2.45, 2.75) is 26.7 Å². The Bertz CT molecular complexity index is 1290. The lowest BCUT2D eigenvalue weighted by Crippen LogP contribution is -1.96. The molecule has 2 aromatic rings. The molecular weight excluding hydrogens is 360 g/mol. The molecule has 0 amide bonds. The molecule has 0 nitrogen and oxygen atoms in total. The predicted molar refractivity (Wildman–Crippen MR) is 129 cm³/mol. The van der Waals surface area contributed by atoms with Crippen LogP contribution in [0.4, 0.5) is 0 Å². The molecule has 0 aliphatic heterocycles. The molecule has 2 aromatic carbocycles. The molecule has 0 bridgehead atoms. The van der Waals surface area contributed by atoms with E-state index in [1.54, 1.807) is 0 Å². The van der Waals surface area contributed by atoms with Gasteiger partial charge in [0.2, 0.25) is 0 Å². The van der Waals surface area contributed by atoms with Crippen molar-refractivity contribution in [3.05, 3.63) is 118 Å². The van der Waals surface area contributed by atoms with Gasteiger partial charge in [-0.3, -0.25) is 0 Å². The smallest absolute Gasteiger partial charge is 0.0408 e. The highest BCUT2D eigenvalue weighted by molar-refractivity contribution is 6.10. The number of rotatable bonds is 3. The molecule has 0 spiro atoms. The molecule has 144 valence electrons. The van der Waals surface area contributed by atoms with Crippen LogP contribution in [0.3, 0.4) is 0 Å². The Morgan fingerprint density at radius 1 is 0.933 bits per heavy atom. The topological polar surface area (TPSA) is 0 Å². The van der Waals surface area contributed by atoms with Gasteiger partial charge in [0.1, 0.15) is 0 Å². The minimum absolute atomic E-state index is 0.767. The highest BCUT2D eigenvalue weighted by Gasteiger charge is 2.31. The lowest BCUT2D eigenvalue weighted by molar-refractivity contribution is 1.20. The largest absolute Gasteiger partial charge is 0.0955 e. The van der Waals surface area contributed by atoms with E-state index >= 15 is 0 Å². The molecule has 0 unspecified atom stereocenters. The summed E-state index contributed by atoms with van der Waals surface area (Å²) >= 11 is 0. The van der Waals surface area contributed by atoms with Gasteiger partial charge in [-0.25, -0.2) is 0 Å². The highest BCUT2D eigenvalue weighted by Crippen LogP contribution is 2.51. The Morgan fingerprint density at radius 3 is 2.47 bits per heavy atom. The van der Waals surface area contributed by atoms with Gasteiger partial charge in [-0.05, 0) is 70.4 Å². The zero-order valence-electron chi connectivity index (χ0n) is 17.5. The molecule has 0 radical (unpaired) electrons. The molecule has 0 heterocycles. The maximum absolute atomic E-state index is 4.36. The van der Waals surface area contributed by atoms with E-state index in [0.717, 1.165) is 24.0 Å². The van der Waals surface area contributed by atoms with Gasteiger partial charge in [-0.2, -0.15) is 0 Å². The molecule has 0 aromatic heterocycles. The molecule has 0 atom stereocenters. The third-order valence-electron chi connectivity index (χ3n) is 6.14. The van der Waals surface area contributed by atoms with Gasteiger partial charge in [0.25, 0.3) is 0 Å². The molecule has 3 aliphatic carbocycles. The summed E-state index contributed by atoms with van der Waals surface area (Å²) in [5, 5.41) is 0. The Labute approximate surface area is 179 Å². The first-order chi connectivity index (χ1) is 14.7. The molecular formula is C30H24. The van der Waals surface area contributed by atoms with Crippen molar-refractivity contribution in [2.24, 2.45) is 0 Å². The quantitative estimate of drug-likeness (QED) is 0.476. The highest BCUT2D eigenvalue weighted by atomic mass is 14.3. The van der Waals surface area contributed by atoms with Gasteiger partial charge >= 0.3 is 0 Å². The van der Waals surface area contributed by atoms with E-state index in [2.05, 4.69) is 105 Å². The Kier molecular flexibility index (Phi) is 4.53. The lowest BCUT2D eigenvalue weighted by Gasteiger charge is -2.15.